The van der Waals surface area contributed by atoms with Gasteiger partial charge in [0.2, 0.25) is 0 Å². The van der Waals surface area contributed by atoms with Crippen molar-refractivity contribution in [1.29, 1.82) is 0 Å². The molecule has 1 amide bonds. The van der Waals surface area contributed by atoms with E-state index in [0.717, 1.165) is 5.75 Å². The van der Waals surface area contributed by atoms with Gasteiger partial charge < -0.3 is 15.8 Å². The summed E-state index contributed by atoms with van der Waals surface area (Å²) in [7, 11) is 0. The van der Waals surface area contributed by atoms with Crippen molar-refractivity contribution < 1.29 is 9.53 Å². The highest BCUT2D eigenvalue weighted by Crippen LogP contribution is 2.31. The molecule has 23 heavy (non-hydrogen) atoms. The zero-order chi connectivity index (χ0) is 16.3. The molecule has 1 aromatic rings. The molecule has 1 aliphatic carbocycles. The standard InChI is InChI=1S/C18H28N2O2.ClH/c1-12(17(21)20-11-16(19)13-8-9-13)22-15-7-5-6-14(10-15)18(2,3)4;/h5-7,10,12-13,16H,8-9,11,19H2,1-4H3,(H,20,21);1H. The second-order valence-corrected chi connectivity index (χ2v) is 7.28. The maximum atomic E-state index is 12.1. The molecule has 1 saturated carbocycles. The SMILES string of the molecule is CC(Oc1cccc(C(C)(C)C)c1)C(=O)NCC(N)C1CC1.Cl. The number of hydrogen-bond donors (Lipinski definition) is 2. The third kappa shape index (κ3) is 6.04. The molecular formula is C18H29ClN2O2. The molecule has 2 atom stereocenters. The maximum absolute atomic E-state index is 12.1. The number of rotatable bonds is 6. The molecule has 0 aromatic heterocycles. The zero-order valence-electron chi connectivity index (χ0n) is 14.5. The molecule has 2 rings (SSSR count). The van der Waals surface area contributed by atoms with E-state index in [2.05, 4.69) is 32.2 Å². The highest BCUT2D eigenvalue weighted by atomic mass is 35.5. The van der Waals surface area contributed by atoms with Crippen molar-refractivity contribution >= 4 is 18.3 Å². The number of carbonyl (C=O) groups excluding carboxylic acids is 1. The van der Waals surface area contributed by atoms with Crippen LogP contribution in [0.2, 0.25) is 0 Å². The molecule has 1 aliphatic rings. The molecule has 0 spiro atoms. The fourth-order valence-corrected chi connectivity index (χ4v) is 2.35. The molecule has 0 radical (unpaired) electrons. The molecule has 0 aliphatic heterocycles. The lowest BCUT2D eigenvalue weighted by atomic mass is 9.87. The van der Waals surface area contributed by atoms with Crippen molar-refractivity contribution in [3.63, 3.8) is 0 Å². The Morgan fingerprint density at radius 2 is 2.04 bits per heavy atom. The summed E-state index contributed by atoms with van der Waals surface area (Å²) in [4.78, 5) is 12.1. The van der Waals surface area contributed by atoms with Gasteiger partial charge in [-0.1, -0.05) is 32.9 Å². The minimum Gasteiger partial charge on any atom is -0.481 e. The van der Waals surface area contributed by atoms with Crippen molar-refractivity contribution in [2.45, 2.75) is 58.1 Å². The predicted molar refractivity (Wildman–Crippen MR) is 96.2 cm³/mol. The van der Waals surface area contributed by atoms with Gasteiger partial charge in [0.15, 0.2) is 6.10 Å². The molecule has 0 bridgehead atoms. The van der Waals surface area contributed by atoms with E-state index in [0.29, 0.717) is 12.5 Å². The Labute approximate surface area is 145 Å². The summed E-state index contributed by atoms with van der Waals surface area (Å²) in [6.45, 7) is 8.76. The van der Waals surface area contributed by atoms with Gasteiger partial charge in [0.1, 0.15) is 5.75 Å². The normalized spacial score (nSPS) is 16.9. The summed E-state index contributed by atoms with van der Waals surface area (Å²) in [5.41, 5.74) is 7.24. The highest BCUT2D eigenvalue weighted by molar-refractivity contribution is 5.85. The molecule has 2 unspecified atom stereocenters. The Bertz CT molecular complexity index is 524. The number of benzene rings is 1. The Hall–Kier alpha value is -1.26. The minimum absolute atomic E-state index is 0. The number of carbonyl (C=O) groups is 1. The maximum Gasteiger partial charge on any atom is 0.260 e. The van der Waals surface area contributed by atoms with E-state index in [1.807, 2.05) is 18.2 Å². The summed E-state index contributed by atoms with van der Waals surface area (Å²) in [6.07, 6.45) is 1.84. The average molecular weight is 341 g/mol. The van der Waals surface area contributed by atoms with E-state index in [-0.39, 0.29) is 29.8 Å². The molecule has 0 heterocycles. The third-order valence-corrected chi connectivity index (χ3v) is 4.12. The summed E-state index contributed by atoms with van der Waals surface area (Å²) >= 11 is 0. The smallest absolute Gasteiger partial charge is 0.260 e. The van der Waals surface area contributed by atoms with E-state index in [1.165, 1.54) is 18.4 Å². The number of hydrogen-bond acceptors (Lipinski definition) is 3. The molecule has 4 nitrogen and oxygen atoms in total. The van der Waals surface area contributed by atoms with Gasteiger partial charge in [-0.3, -0.25) is 4.79 Å². The van der Waals surface area contributed by atoms with E-state index >= 15 is 0 Å². The Morgan fingerprint density at radius 3 is 2.61 bits per heavy atom. The largest absolute Gasteiger partial charge is 0.481 e. The predicted octanol–water partition coefficient (Wildman–Crippen LogP) is 3.03. The summed E-state index contributed by atoms with van der Waals surface area (Å²) in [5, 5.41) is 2.88. The summed E-state index contributed by atoms with van der Waals surface area (Å²) in [6, 6.07) is 7.99. The van der Waals surface area contributed by atoms with Crippen LogP contribution in [0.5, 0.6) is 5.75 Å². The molecule has 3 N–H and O–H groups in total. The second kappa shape index (κ2) is 8.02. The third-order valence-electron chi connectivity index (χ3n) is 4.12. The van der Waals surface area contributed by atoms with Crippen molar-refractivity contribution in [2.75, 3.05) is 6.54 Å². The summed E-state index contributed by atoms with van der Waals surface area (Å²) in [5.74, 6) is 1.19. The van der Waals surface area contributed by atoms with Gasteiger partial charge in [-0.15, -0.1) is 12.4 Å². The number of ether oxygens (including phenoxy) is 1. The van der Waals surface area contributed by atoms with Crippen molar-refractivity contribution in [1.82, 2.24) is 5.32 Å². The van der Waals surface area contributed by atoms with E-state index < -0.39 is 6.10 Å². The first-order chi connectivity index (χ1) is 10.3. The second-order valence-electron chi connectivity index (χ2n) is 7.28. The van der Waals surface area contributed by atoms with Crippen LogP contribution < -0.4 is 15.8 Å². The molecule has 5 heteroatoms. The lowest BCUT2D eigenvalue weighted by Crippen LogP contribution is -2.43. The van der Waals surface area contributed by atoms with Gasteiger partial charge in [-0.05, 0) is 48.8 Å². The zero-order valence-corrected chi connectivity index (χ0v) is 15.3. The highest BCUT2D eigenvalue weighted by Gasteiger charge is 2.29. The van der Waals surface area contributed by atoms with Crippen molar-refractivity contribution in [3.8, 4) is 5.75 Å². The molecular weight excluding hydrogens is 312 g/mol. The van der Waals surface area contributed by atoms with Crippen LogP contribution in [0.15, 0.2) is 24.3 Å². The topological polar surface area (TPSA) is 64.3 Å². The number of nitrogens with one attached hydrogen (secondary N) is 1. The number of halogens is 1. The fraction of sp³-hybridized carbons (Fsp3) is 0.611. The first-order valence-corrected chi connectivity index (χ1v) is 8.08. The average Bonchev–Trinajstić information content (AvgIpc) is 3.28. The van der Waals surface area contributed by atoms with E-state index in [4.69, 9.17) is 10.5 Å². The minimum atomic E-state index is -0.526. The Balaban J connectivity index is 0.00000264. The lowest BCUT2D eigenvalue weighted by molar-refractivity contribution is -0.127. The number of nitrogens with two attached hydrogens (primary N) is 1. The van der Waals surface area contributed by atoms with Gasteiger partial charge in [0.25, 0.3) is 5.91 Å². The monoisotopic (exact) mass is 340 g/mol. The van der Waals surface area contributed by atoms with Gasteiger partial charge in [-0.25, -0.2) is 0 Å². The van der Waals surface area contributed by atoms with Crippen LogP contribution in [0.4, 0.5) is 0 Å². The van der Waals surface area contributed by atoms with Crippen LogP contribution in [0.3, 0.4) is 0 Å². The first kappa shape index (κ1) is 19.8. The van der Waals surface area contributed by atoms with Crippen LogP contribution in [0, 0.1) is 5.92 Å². The van der Waals surface area contributed by atoms with Crippen LogP contribution in [-0.4, -0.2) is 24.6 Å². The van der Waals surface area contributed by atoms with E-state index in [1.54, 1.807) is 6.92 Å². The van der Waals surface area contributed by atoms with Crippen LogP contribution in [0.25, 0.3) is 0 Å². The number of amides is 1. The van der Waals surface area contributed by atoms with Crippen LogP contribution in [0.1, 0.15) is 46.1 Å². The molecule has 0 saturated heterocycles. The van der Waals surface area contributed by atoms with Crippen molar-refractivity contribution in [3.05, 3.63) is 29.8 Å². The van der Waals surface area contributed by atoms with Gasteiger partial charge in [0.05, 0.1) is 0 Å². The Morgan fingerprint density at radius 1 is 1.39 bits per heavy atom. The summed E-state index contributed by atoms with van der Waals surface area (Å²) < 4.78 is 5.77. The van der Waals surface area contributed by atoms with Gasteiger partial charge in [-0.2, -0.15) is 0 Å². The quantitative estimate of drug-likeness (QED) is 0.836. The molecule has 1 aromatic carbocycles. The van der Waals surface area contributed by atoms with Gasteiger partial charge in [0, 0.05) is 12.6 Å². The van der Waals surface area contributed by atoms with Crippen LogP contribution >= 0.6 is 12.4 Å². The molecule has 1 fully saturated rings. The van der Waals surface area contributed by atoms with Crippen LogP contribution in [-0.2, 0) is 10.2 Å². The first-order valence-electron chi connectivity index (χ1n) is 8.08. The molecule has 130 valence electrons. The van der Waals surface area contributed by atoms with Gasteiger partial charge >= 0.3 is 0 Å². The lowest BCUT2D eigenvalue weighted by Gasteiger charge is -2.21. The Kier molecular flexibility index (Phi) is 6.90. The van der Waals surface area contributed by atoms with Crippen molar-refractivity contribution in [2.24, 2.45) is 11.7 Å². The fourth-order valence-electron chi connectivity index (χ4n) is 2.35. The van der Waals surface area contributed by atoms with E-state index in [9.17, 15) is 4.79 Å².